The number of aryl methyl sites for hydroxylation is 1. The van der Waals surface area contributed by atoms with E-state index in [9.17, 15) is 13.2 Å². The molecular formula is C14H16F3N3. The topological polar surface area (TPSA) is 29.9 Å². The Labute approximate surface area is 115 Å². The molecule has 0 saturated heterocycles. The minimum Gasteiger partial charge on any atom is -0.312 e. The molecule has 0 bridgehead atoms. The van der Waals surface area contributed by atoms with E-state index in [0.29, 0.717) is 6.54 Å². The number of alkyl halides is 3. The van der Waals surface area contributed by atoms with Crippen molar-refractivity contribution in [3.63, 3.8) is 0 Å². The Bertz CT molecular complexity index is 547. The van der Waals surface area contributed by atoms with E-state index >= 15 is 0 Å². The monoisotopic (exact) mass is 283 g/mol. The number of rotatable bonds is 5. The van der Waals surface area contributed by atoms with Gasteiger partial charge in [0.2, 0.25) is 0 Å². The van der Waals surface area contributed by atoms with Gasteiger partial charge in [-0.05, 0) is 18.5 Å². The molecule has 0 aliphatic heterocycles. The van der Waals surface area contributed by atoms with Crippen LogP contribution < -0.4 is 5.32 Å². The first-order chi connectivity index (χ1) is 9.47. The molecule has 0 amide bonds. The summed E-state index contributed by atoms with van der Waals surface area (Å²) in [6.45, 7) is 0.783. The molecule has 0 radical (unpaired) electrons. The van der Waals surface area contributed by atoms with E-state index in [1.807, 2.05) is 30.3 Å². The van der Waals surface area contributed by atoms with Crippen LogP contribution in [-0.2, 0) is 26.2 Å². The number of hydrogen-bond donors (Lipinski definition) is 1. The van der Waals surface area contributed by atoms with Crippen molar-refractivity contribution in [3.05, 3.63) is 53.3 Å². The zero-order chi connectivity index (χ0) is 14.6. The third-order valence-electron chi connectivity index (χ3n) is 2.92. The summed E-state index contributed by atoms with van der Waals surface area (Å²) in [5, 5.41) is 6.49. The van der Waals surface area contributed by atoms with Gasteiger partial charge < -0.3 is 5.32 Å². The predicted molar refractivity (Wildman–Crippen MR) is 70.1 cm³/mol. The van der Waals surface area contributed by atoms with Crippen molar-refractivity contribution in [2.45, 2.75) is 19.1 Å². The van der Waals surface area contributed by atoms with E-state index < -0.39 is 11.9 Å². The second kappa shape index (κ2) is 6.09. The van der Waals surface area contributed by atoms with Gasteiger partial charge in [0, 0.05) is 25.4 Å². The van der Waals surface area contributed by atoms with Gasteiger partial charge in [0.05, 0.1) is 0 Å². The fraction of sp³-hybridized carbons (Fsp3) is 0.357. The van der Waals surface area contributed by atoms with Crippen LogP contribution >= 0.6 is 0 Å². The van der Waals surface area contributed by atoms with E-state index in [-0.39, 0.29) is 12.1 Å². The van der Waals surface area contributed by atoms with Crippen molar-refractivity contribution >= 4 is 0 Å². The van der Waals surface area contributed by atoms with Crippen LogP contribution in [0.5, 0.6) is 0 Å². The molecule has 0 unspecified atom stereocenters. The smallest absolute Gasteiger partial charge is 0.312 e. The van der Waals surface area contributed by atoms with Gasteiger partial charge in [0.15, 0.2) is 5.69 Å². The molecule has 0 fully saturated rings. The number of aromatic nitrogens is 2. The third kappa shape index (κ3) is 3.84. The lowest BCUT2D eigenvalue weighted by Gasteiger charge is -2.07. The van der Waals surface area contributed by atoms with E-state index in [1.54, 1.807) is 0 Å². The molecule has 1 aromatic heterocycles. The van der Waals surface area contributed by atoms with Gasteiger partial charge in [-0.2, -0.15) is 18.3 Å². The first kappa shape index (κ1) is 14.6. The molecule has 0 aliphatic rings. The summed E-state index contributed by atoms with van der Waals surface area (Å²) < 4.78 is 39.4. The largest absolute Gasteiger partial charge is 0.435 e. The van der Waals surface area contributed by atoms with Gasteiger partial charge in [-0.25, -0.2) is 0 Å². The second-order valence-electron chi connectivity index (χ2n) is 4.59. The first-order valence-corrected chi connectivity index (χ1v) is 6.31. The highest BCUT2D eigenvalue weighted by Gasteiger charge is 2.36. The maximum Gasteiger partial charge on any atom is 0.435 e. The standard InChI is InChI=1S/C14H16F3N3/c1-20-10-12(13(19-20)14(15,16)17)9-18-8-7-11-5-3-2-4-6-11/h2-6,10,18H,7-9H2,1H3. The van der Waals surface area contributed by atoms with E-state index in [0.717, 1.165) is 12.0 Å². The molecule has 108 valence electrons. The van der Waals surface area contributed by atoms with Crippen LogP contribution in [0, 0.1) is 0 Å². The fourth-order valence-electron chi connectivity index (χ4n) is 2.01. The predicted octanol–water partition coefficient (Wildman–Crippen LogP) is 2.77. The van der Waals surface area contributed by atoms with Gasteiger partial charge >= 0.3 is 6.18 Å². The summed E-state index contributed by atoms with van der Waals surface area (Å²) in [6, 6.07) is 9.80. The Morgan fingerprint density at radius 3 is 2.55 bits per heavy atom. The quantitative estimate of drug-likeness (QED) is 0.855. The lowest BCUT2D eigenvalue weighted by molar-refractivity contribution is -0.142. The maximum absolute atomic E-state index is 12.7. The molecule has 20 heavy (non-hydrogen) atoms. The van der Waals surface area contributed by atoms with Gasteiger partial charge in [-0.15, -0.1) is 0 Å². The first-order valence-electron chi connectivity index (χ1n) is 6.31. The lowest BCUT2D eigenvalue weighted by atomic mass is 10.1. The van der Waals surface area contributed by atoms with Crippen LogP contribution in [0.4, 0.5) is 13.2 Å². The summed E-state index contributed by atoms with van der Waals surface area (Å²) >= 11 is 0. The molecule has 0 atom stereocenters. The molecule has 3 nitrogen and oxygen atoms in total. The zero-order valence-electron chi connectivity index (χ0n) is 11.1. The summed E-state index contributed by atoms with van der Waals surface area (Å²) in [5.41, 5.74) is 0.516. The highest BCUT2D eigenvalue weighted by atomic mass is 19.4. The normalized spacial score (nSPS) is 11.8. The number of nitrogens with one attached hydrogen (secondary N) is 1. The Hall–Kier alpha value is -1.82. The fourth-order valence-corrected chi connectivity index (χ4v) is 2.01. The molecule has 0 saturated carbocycles. The Kier molecular flexibility index (Phi) is 4.44. The van der Waals surface area contributed by atoms with Gasteiger partial charge in [-0.3, -0.25) is 4.68 Å². The van der Waals surface area contributed by atoms with Crippen LogP contribution in [0.2, 0.25) is 0 Å². The number of hydrogen-bond acceptors (Lipinski definition) is 2. The van der Waals surface area contributed by atoms with Crippen LogP contribution in [0.3, 0.4) is 0 Å². The minimum absolute atomic E-state index is 0.162. The average Bonchev–Trinajstić information content (AvgIpc) is 2.77. The molecule has 1 N–H and O–H groups in total. The van der Waals surface area contributed by atoms with Crippen LogP contribution in [-0.4, -0.2) is 16.3 Å². The SMILES string of the molecule is Cn1cc(CNCCc2ccccc2)c(C(F)(F)F)n1. The Balaban J connectivity index is 1.88. The van der Waals surface area contributed by atoms with Crippen LogP contribution in [0.1, 0.15) is 16.8 Å². The van der Waals surface area contributed by atoms with Crippen molar-refractivity contribution < 1.29 is 13.2 Å². The molecule has 0 spiro atoms. The average molecular weight is 283 g/mol. The number of benzene rings is 1. The maximum atomic E-state index is 12.7. The highest BCUT2D eigenvalue weighted by Crippen LogP contribution is 2.30. The van der Waals surface area contributed by atoms with Crippen molar-refractivity contribution in [2.75, 3.05) is 6.54 Å². The van der Waals surface area contributed by atoms with E-state index in [4.69, 9.17) is 0 Å². The number of nitrogens with zero attached hydrogens (tertiary/aromatic N) is 2. The summed E-state index contributed by atoms with van der Waals surface area (Å²) in [6.07, 6.45) is -2.22. The van der Waals surface area contributed by atoms with Gasteiger partial charge in [-0.1, -0.05) is 30.3 Å². The summed E-state index contributed by atoms with van der Waals surface area (Å²) in [4.78, 5) is 0. The molecule has 2 aromatic rings. The minimum atomic E-state index is -4.41. The van der Waals surface area contributed by atoms with Crippen LogP contribution in [0.15, 0.2) is 36.5 Å². The lowest BCUT2D eigenvalue weighted by Crippen LogP contribution is -2.19. The molecule has 1 heterocycles. The Morgan fingerprint density at radius 2 is 1.90 bits per heavy atom. The number of halogens is 3. The second-order valence-corrected chi connectivity index (χ2v) is 4.59. The molecule has 1 aromatic carbocycles. The third-order valence-corrected chi connectivity index (χ3v) is 2.92. The van der Waals surface area contributed by atoms with Gasteiger partial charge in [0.1, 0.15) is 0 Å². The highest BCUT2D eigenvalue weighted by molar-refractivity contribution is 5.20. The molecular weight excluding hydrogens is 267 g/mol. The van der Waals surface area contributed by atoms with Crippen molar-refractivity contribution in [1.29, 1.82) is 0 Å². The molecule has 0 aliphatic carbocycles. The molecule has 6 heteroatoms. The van der Waals surface area contributed by atoms with Crippen molar-refractivity contribution in [2.24, 2.45) is 7.05 Å². The van der Waals surface area contributed by atoms with Crippen molar-refractivity contribution in [1.82, 2.24) is 15.1 Å². The Morgan fingerprint density at radius 1 is 1.20 bits per heavy atom. The van der Waals surface area contributed by atoms with Crippen molar-refractivity contribution in [3.8, 4) is 0 Å². The zero-order valence-corrected chi connectivity index (χ0v) is 11.1. The van der Waals surface area contributed by atoms with Gasteiger partial charge in [0.25, 0.3) is 0 Å². The summed E-state index contributed by atoms with van der Waals surface area (Å²) in [5.74, 6) is 0. The van der Waals surface area contributed by atoms with E-state index in [1.165, 1.54) is 17.9 Å². The molecule has 2 rings (SSSR count). The summed E-state index contributed by atoms with van der Waals surface area (Å²) in [7, 11) is 1.49. The van der Waals surface area contributed by atoms with Crippen LogP contribution in [0.25, 0.3) is 0 Å². The van der Waals surface area contributed by atoms with E-state index in [2.05, 4.69) is 10.4 Å².